The van der Waals surface area contributed by atoms with Gasteiger partial charge in [0.25, 0.3) is 0 Å². The zero-order chi connectivity index (χ0) is 21.5. The van der Waals surface area contributed by atoms with Gasteiger partial charge in [-0.05, 0) is 44.4 Å². The predicted molar refractivity (Wildman–Crippen MR) is 120 cm³/mol. The van der Waals surface area contributed by atoms with Gasteiger partial charge in [0.05, 0.1) is 22.8 Å². The van der Waals surface area contributed by atoms with Crippen LogP contribution in [0, 0.1) is 6.92 Å². The number of hydrogen-bond donors (Lipinski definition) is 0. The lowest BCUT2D eigenvalue weighted by Gasteiger charge is -2.33. The maximum atomic E-state index is 13.1. The van der Waals surface area contributed by atoms with Gasteiger partial charge >= 0.3 is 0 Å². The van der Waals surface area contributed by atoms with E-state index in [1.165, 1.54) is 11.8 Å². The van der Waals surface area contributed by atoms with Gasteiger partial charge in [0.15, 0.2) is 20.6 Å². The van der Waals surface area contributed by atoms with Crippen LogP contribution in [0.1, 0.15) is 32.3 Å². The molecule has 1 aromatic carbocycles. The van der Waals surface area contributed by atoms with Gasteiger partial charge in [0, 0.05) is 17.5 Å². The highest BCUT2D eigenvalue weighted by Gasteiger charge is 2.36. The van der Waals surface area contributed by atoms with Crippen LogP contribution in [0.25, 0.3) is 16.6 Å². The number of carbonyl (C=O) groups excluding carboxylic acids is 1. The molecule has 0 radical (unpaired) electrons. The van der Waals surface area contributed by atoms with E-state index in [1.807, 2.05) is 49.4 Å². The molecule has 3 aromatic rings. The molecule has 3 heterocycles. The van der Waals surface area contributed by atoms with Crippen LogP contribution in [0.4, 0.5) is 0 Å². The molecule has 1 saturated heterocycles. The zero-order valence-corrected chi connectivity index (χ0v) is 19.0. The Morgan fingerprint density at radius 1 is 1.33 bits per heavy atom. The summed E-state index contributed by atoms with van der Waals surface area (Å²) in [7, 11) is -3.06. The first-order valence-corrected chi connectivity index (χ1v) is 13.0. The van der Waals surface area contributed by atoms with E-state index in [0.717, 1.165) is 28.5 Å². The number of sulfone groups is 1. The van der Waals surface area contributed by atoms with E-state index >= 15 is 0 Å². The number of amides is 1. The van der Waals surface area contributed by atoms with Crippen molar-refractivity contribution < 1.29 is 13.2 Å². The third-order valence-electron chi connectivity index (χ3n) is 5.85. The second kappa shape index (κ2) is 8.19. The molecule has 160 valence electrons. The van der Waals surface area contributed by atoms with Crippen LogP contribution >= 0.6 is 11.8 Å². The zero-order valence-electron chi connectivity index (χ0n) is 17.4. The van der Waals surface area contributed by atoms with Crippen molar-refractivity contribution in [3.05, 3.63) is 35.9 Å². The topological polar surface area (TPSA) is 84.6 Å². The summed E-state index contributed by atoms with van der Waals surface area (Å²) in [5, 5.41) is 10.4. The van der Waals surface area contributed by atoms with Gasteiger partial charge in [-0.2, -0.15) is 0 Å². The Balaban J connectivity index is 1.60. The average Bonchev–Trinajstić information content (AvgIpc) is 3.29. The molecule has 4 rings (SSSR count). The Bertz CT molecular complexity index is 1210. The number of hydrogen-bond acceptors (Lipinski definition) is 6. The van der Waals surface area contributed by atoms with Gasteiger partial charge < -0.3 is 4.90 Å². The van der Waals surface area contributed by atoms with Crippen LogP contribution in [0.2, 0.25) is 0 Å². The Kier molecular flexibility index (Phi) is 5.76. The normalized spacial score (nSPS) is 19.4. The van der Waals surface area contributed by atoms with Gasteiger partial charge in [0.1, 0.15) is 0 Å². The SMILES string of the molecule is CC[C@H](C)N(C(=O)CSc1nnc2cc(C)c3ccccc3n12)[C@H]1CCS(=O)(=O)C1. The standard InChI is InChI=1S/C21H26N4O3S2/c1-4-15(3)24(16-9-10-30(27,28)13-16)20(26)12-29-21-23-22-19-11-14(2)17-7-5-6-8-18(17)25(19)21/h5-8,11,15-16H,4,9-10,12-13H2,1-3H3/t15-,16-/m0/s1. The lowest BCUT2D eigenvalue weighted by molar-refractivity contribution is -0.132. The van der Waals surface area contributed by atoms with Gasteiger partial charge in [-0.25, -0.2) is 8.42 Å². The van der Waals surface area contributed by atoms with Crippen LogP contribution < -0.4 is 0 Å². The summed E-state index contributed by atoms with van der Waals surface area (Å²) >= 11 is 1.35. The number of pyridine rings is 1. The molecular formula is C21H26N4O3S2. The summed E-state index contributed by atoms with van der Waals surface area (Å²) in [6.45, 7) is 6.05. The summed E-state index contributed by atoms with van der Waals surface area (Å²) in [6.07, 6.45) is 1.30. The number of aryl methyl sites for hydroxylation is 1. The van der Waals surface area contributed by atoms with Gasteiger partial charge in [-0.1, -0.05) is 36.9 Å². The molecule has 0 spiro atoms. The molecule has 30 heavy (non-hydrogen) atoms. The number of carbonyl (C=O) groups is 1. The molecule has 9 heteroatoms. The van der Waals surface area contributed by atoms with Crippen molar-refractivity contribution in [1.29, 1.82) is 0 Å². The number of benzene rings is 1. The first kappa shape index (κ1) is 21.1. The third-order valence-corrected chi connectivity index (χ3v) is 8.52. The average molecular weight is 447 g/mol. The monoisotopic (exact) mass is 446 g/mol. The second-order valence-corrected chi connectivity index (χ2v) is 11.1. The molecule has 2 aromatic heterocycles. The van der Waals surface area contributed by atoms with Crippen LogP contribution in [0.3, 0.4) is 0 Å². The molecule has 7 nitrogen and oxygen atoms in total. The molecule has 0 bridgehead atoms. The molecule has 0 saturated carbocycles. The van der Waals surface area contributed by atoms with Gasteiger partial charge in [-0.3, -0.25) is 9.20 Å². The largest absolute Gasteiger partial charge is 0.335 e. The van der Waals surface area contributed by atoms with Crippen molar-refractivity contribution in [2.45, 2.75) is 50.9 Å². The summed E-state index contributed by atoms with van der Waals surface area (Å²) in [5.41, 5.74) is 2.89. The fourth-order valence-electron chi connectivity index (χ4n) is 4.17. The highest BCUT2D eigenvalue weighted by molar-refractivity contribution is 7.99. The minimum Gasteiger partial charge on any atom is -0.335 e. The van der Waals surface area contributed by atoms with E-state index in [0.29, 0.717) is 11.6 Å². The first-order chi connectivity index (χ1) is 14.3. The highest BCUT2D eigenvalue weighted by atomic mass is 32.2. The van der Waals surface area contributed by atoms with E-state index in [9.17, 15) is 13.2 Å². The molecule has 2 atom stereocenters. The van der Waals surface area contributed by atoms with E-state index in [4.69, 9.17) is 0 Å². The summed E-state index contributed by atoms with van der Waals surface area (Å²) < 4.78 is 25.9. The number of aromatic nitrogens is 3. The summed E-state index contributed by atoms with van der Waals surface area (Å²) in [4.78, 5) is 14.9. The quantitative estimate of drug-likeness (QED) is 0.541. The number of thioether (sulfide) groups is 1. The van der Waals surface area contributed by atoms with E-state index < -0.39 is 9.84 Å². The summed E-state index contributed by atoms with van der Waals surface area (Å²) in [5.74, 6) is 0.366. The minimum absolute atomic E-state index is 0.00461. The van der Waals surface area contributed by atoms with E-state index in [1.54, 1.807) is 4.90 Å². The molecule has 1 amide bonds. The lowest BCUT2D eigenvalue weighted by Crippen LogP contribution is -2.47. The number of para-hydroxylation sites is 1. The van der Waals surface area contributed by atoms with Crippen molar-refractivity contribution in [3.63, 3.8) is 0 Å². The summed E-state index contributed by atoms with van der Waals surface area (Å²) in [6, 6.07) is 9.82. The fourth-order valence-corrected chi connectivity index (χ4v) is 6.70. The Morgan fingerprint density at radius 3 is 2.80 bits per heavy atom. The lowest BCUT2D eigenvalue weighted by atomic mass is 10.1. The Morgan fingerprint density at radius 2 is 2.10 bits per heavy atom. The molecule has 0 N–H and O–H groups in total. The maximum absolute atomic E-state index is 13.1. The predicted octanol–water partition coefficient (Wildman–Crippen LogP) is 3.10. The fraction of sp³-hybridized carbons (Fsp3) is 0.476. The second-order valence-electron chi connectivity index (χ2n) is 7.92. The van der Waals surface area contributed by atoms with Crippen LogP contribution in [-0.2, 0) is 14.6 Å². The van der Waals surface area contributed by atoms with Crippen molar-refractivity contribution in [3.8, 4) is 0 Å². The maximum Gasteiger partial charge on any atom is 0.233 e. The van der Waals surface area contributed by atoms with Crippen LogP contribution in [0.15, 0.2) is 35.5 Å². The van der Waals surface area contributed by atoms with Gasteiger partial charge in [0.2, 0.25) is 5.91 Å². The van der Waals surface area contributed by atoms with E-state index in [2.05, 4.69) is 16.3 Å². The number of nitrogens with zero attached hydrogens (tertiary/aromatic N) is 4. The molecule has 1 aliphatic heterocycles. The Hall–Kier alpha value is -2.13. The third kappa shape index (κ3) is 3.92. The number of rotatable bonds is 6. The molecule has 1 aliphatic rings. The molecule has 1 fully saturated rings. The van der Waals surface area contributed by atoms with Crippen molar-refractivity contribution in [2.24, 2.45) is 0 Å². The van der Waals surface area contributed by atoms with Gasteiger partial charge in [-0.15, -0.1) is 10.2 Å². The minimum atomic E-state index is -3.06. The van der Waals surface area contributed by atoms with E-state index in [-0.39, 0.29) is 35.2 Å². The Labute approximate surface area is 180 Å². The van der Waals surface area contributed by atoms with Crippen molar-refractivity contribution in [1.82, 2.24) is 19.5 Å². The first-order valence-electron chi connectivity index (χ1n) is 10.2. The van der Waals surface area contributed by atoms with Crippen molar-refractivity contribution in [2.75, 3.05) is 17.3 Å². The molecular weight excluding hydrogens is 420 g/mol. The molecule has 0 aliphatic carbocycles. The number of fused-ring (bicyclic) bond motifs is 3. The highest BCUT2D eigenvalue weighted by Crippen LogP contribution is 2.27. The molecule has 0 unspecified atom stereocenters. The van der Waals surface area contributed by atoms with Crippen LogP contribution in [-0.4, -0.2) is 63.2 Å². The smallest absolute Gasteiger partial charge is 0.233 e. The van der Waals surface area contributed by atoms with Crippen molar-refractivity contribution >= 4 is 44.1 Å². The van der Waals surface area contributed by atoms with Crippen LogP contribution in [0.5, 0.6) is 0 Å².